The molecule has 1 amide bonds. The summed E-state index contributed by atoms with van der Waals surface area (Å²) in [4.78, 5) is 18.6. The van der Waals surface area contributed by atoms with E-state index in [2.05, 4.69) is 15.2 Å². The number of para-hydroxylation sites is 2. The molecule has 0 saturated carbocycles. The van der Waals surface area contributed by atoms with Crippen LogP contribution in [0.25, 0.3) is 0 Å². The van der Waals surface area contributed by atoms with Crippen molar-refractivity contribution >= 4 is 11.7 Å². The molecule has 1 atom stereocenters. The maximum Gasteiger partial charge on any atom is 0.258 e. The molecule has 6 nitrogen and oxygen atoms in total. The number of benzene rings is 1. The minimum atomic E-state index is -0.131. The first-order chi connectivity index (χ1) is 11.8. The molecule has 1 saturated heterocycles. The van der Waals surface area contributed by atoms with E-state index in [1.54, 1.807) is 25.4 Å². The number of rotatable bonds is 6. The zero-order chi connectivity index (χ0) is 16.8. The number of carbonyl (C=O) groups excluding carboxylic acids is 1. The normalized spacial score (nSPS) is 16.7. The first kappa shape index (κ1) is 16.1. The van der Waals surface area contributed by atoms with Crippen LogP contribution >= 0.6 is 0 Å². The minimum Gasteiger partial charge on any atom is -0.493 e. The molecule has 0 radical (unpaired) electrons. The van der Waals surface area contributed by atoms with Gasteiger partial charge in [0.15, 0.2) is 18.1 Å². The van der Waals surface area contributed by atoms with E-state index in [4.69, 9.17) is 9.47 Å². The predicted octanol–water partition coefficient (Wildman–Crippen LogP) is 1.86. The fourth-order valence-corrected chi connectivity index (χ4v) is 2.78. The van der Waals surface area contributed by atoms with Crippen LogP contribution in [-0.2, 0) is 4.79 Å². The maximum atomic E-state index is 12.1. The fourth-order valence-electron chi connectivity index (χ4n) is 2.78. The van der Waals surface area contributed by atoms with E-state index in [1.807, 2.05) is 30.3 Å². The Morgan fingerprint density at radius 1 is 1.25 bits per heavy atom. The average molecular weight is 327 g/mol. The summed E-state index contributed by atoms with van der Waals surface area (Å²) in [5.74, 6) is 2.00. The molecule has 3 rings (SSSR count). The first-order valence-electron chi connectivity index (χ1n) is 7.97. The molecular formula is C18H21N3O3. The SMILES string of the molecule is COc1ccccc1OCC(=O)NC1CCN(c2ccccn2)C1. The van der Waals surface area contributed by atoms with Crippen LogP contribution in [0.4, 0.5) is 5.82 Å². The van der Waals surface area contributed by atoms with Gasteiger partial charge in [-0.2, -0.15) is 0 Å². The summed E-state index contributed by atoms with van der Waals surface area (Å²) in [6.07, 6.45) is 2.68. The monoisotopic (exact) mass is 327 g/mol. The van der Waals surface area contributed by atoms with Gasteiger partial charge in [0.25, 0.3) is 5.91 Å². The van der Waals surface area contributed by atoms with Crippen LogP contribution in [0.15, 0.2) is 48.7 Å². The molecule has 2 aromatic rings. The largest absolute Gasteiger partial charge is 0.493 e. The third-order valence-corrected chi connectivity index (χ3v) is 3.95. The third-order valence-electron chi connectivity index (χ3n) is 3.95. The van der Waals surface area contributed by atoms with Crippen LogP contribution in [0.5, 0.6) is 11.5 Å². The molecule has 2 heterocycles. The molecule has 0 spiro atoms. The Morgan fingerprint density at radius 2 is 2.04 bits per heavy atom. The topological polar surface area (TPSA) is 63.7 Å². The zero-order valence-corrected chi connectivity index (χ0v) is 13.6. The molecule has 6 heteroatoms. The number of aromatic nitrogens is 1. The second-order valence-electron chi connectivity index (χ2n) is 5.63. The summed E-state index contributed by atoms with van der Waals surface area (Å²) in [6.45, 7) is 1.62. The number of amides is 1. The van der Waals surface area contributed by atoms with Crippen LogP contribution in [0, 0.1) is 0 Å². The van der Waals surface area contributed by atoms with Crippen molar-refractivity contribution in [2.24, 2.45) is 0 Å². The Labute approximate surface area is 141 Å². The average Bonchev–Trinajstić information content (AvgIpc) is 3.09. The van der Waals surface area contributed by atoms with E-state index in [-0.39, 0.29) is 18.6 Å². The van der Waals surface area contributed by atoms with E-state index < -0.39 is 0 Å². The van der Waals surface area contributed by atoms with Crippen LogP contribution in [0.2, 0.25) is 0 Å². The summed E-state index contributed by atoms with van der Waals surface area (Å²) < 4.78 is 10.8. The van der Waals surface area contributed by atoms with Crippen LogP contribution in [-0.4, -0.2) is 43.7 Å². The highest BCUT2D eigenvalue weighted by Gasteiger charge is 2.24. The van der Waals surface area contributed by atoms with E-state index >= 15 is 0 Å². The van der Waals surface area contributed by atoms with Crippen molar-refractivity contribution in [1.82, 2.24) is 10.3 Å². The highest BCUT2D eigenvalue weighted by molar-refractivity contribution is 5.78. The van der Waals surface area contributed by atoms with Gasteiger partial charge in [-0.15, -0.1) is 0 Å². The number of hydrogen-bond acceptors (Lipinski definition) is 5. The molecule has 0 aliphatic carbocycles. The Kier molecular flexibility index (Phi) is 5.15. The lowest BCUT2D eigenvalue weighted by atomic mass is 10.2. The molecular weight excluding hydrogens is 306 g/mol. The van der Waals surface area contributed by atoms with Crippen molar-refractivity contribution in [2.45, 2.75) is 12.5 Å². The number of nitrogens with one attached hydrogen (secondary N) is 1. The fraction of sp³-hybridized carbons (Fsp3) is 0.333. The molecule has 126 valence electrons. The van der Waals surface area contributed by atoms with Crippen molar-refractivity contribution in [2.75, 3.05) is 31.7 Å². The highest BCUT2D eigenvalue weighted by Crippen LogP contribution is 2.25. The first-order valence-corrected chi connectivity index (χ1v) is 7.97. The van der Waals surface area contributed by atoms with Crippen molar-refractivity contribution in [3.8, 4) is 11.5 Å². The number of anilines is 1. The summed E-state index contributed by atoms with van der Waals surface area (Å²) in [5.41, 5.74) is 0. The minimum absolute atomic E-state index is 0.0273. The Morgan fingerprint density at radius 3 is 2.79 bits per heavy atom. The Hall–Kier alpha value is -2.76. The van der Waals surface area contributed by atoms with Gasteiger partial charge in [-0.05, 0) is 30.7 Å². The summed E-state index contributed by atoms with van der Waals surface area (Å²) >= 11 is 0. The molecule has 0 bridgehead atoms. The van der Waals surface area contributed by atoms with Gasteiger partial charge in [-0.3, -0.25) is 4.79 Å². The lowest BCUT2D eigenvalue weighted by molar-refractivity contribution is -0.123. The van der Waals surface area contributed by atoms with E-state index in [1.165, 1.54) is 0 Å². The lowest BCUT2D eigenvalue weighted by Gasteiger charge is -2.18. The number of hydrogen-bond donors (Lipinski definition) is 1. The van der Waals surface area contributed by atoms with Gasteiger partial charge in [0, 0.05) is 25.3 Å². The summed E-state index contributed by atoms with van der Waals surface area (Å²) in [5, 5.41) is 3.01. The molecule has 1 aromatic carbocycles. The maximum absolute atomic E-state index is 12.1. The van der Waals surface area contributed by atoms with E-state index in [0.717, 1.165) is 25.3 Å². The predicted molar refractivity (Wildman–Crippen MR) is 91.5 cm³/mol. The number of carbonyl (C=O) groups is 1. The van der Waals surface area contributed by atoms with E-state index in [9.17, 15) is 4.79 Å². The molecule has 1 unspecified atom stereocenters. The number of methoxy groups -OCH3 is 1. The number of pyridine rings is 1. The van der Waals surface area contributed by atoms with Gasteiger partial charge in [-0.1, -0.05) is 18.2 Å². The lowest BCUT2D eigenvalue weighted by Crippen LogP contribution is -2.39. The van der Waals surface area contributed by atoms with Gasteiger partial charge < -0.3 is 19.7 Å². The summed E-state index contributed by atoms with van der Waals surface area (Å²) in [7, 11) is 1.58. The second kappa shape index (κ2) is 7.68. The highest BCUT2D eigenvalue weighted by atomic mass is 16.5. The molecule has 24 heavy (non-hydrogen) atoms. The smallest absolute Gasteiger partial charge is 0.258 e. The van der Waals surface area contributed by atoms with Gasteiger partial charge in [0.2, 0.25) is 0 Å². The molecule has 1 aromatic heterocycles. The van der Waals surface area contributed by atoms with Crippen molar-refractivity contribution < 1.29 is 14.3 Å². The second-order valence-corrected chi connectivity index (χ2v) is 5.63. The quantitative estimate of drug-likeness (QED) is 0.877. The molecule has 1 aliphatic rings. The van der Waals surface area contributed by atoms with Gasteiger partial charge in [0.1, 0.15) is 5.82 Å². The van der Waals surface area contributed by atoms with Gasteiger partial charge in [-0.25, -0.2) is 4.98 Å². The van der Waals surface area contributed by atoms with Gasteiger partial charge in [0.05, 0.1) is 7.11 Å². The molecule has 1 fully saturated rings. The van der Waals surface area contributed by atoms with Crippen molar-refractivity contribution in [1.29, 1.82) is 0 Å². The Bertz CT molecular complexity index is 678. The number of ether oxygens (including phenoxy) is 2. The number of nitrogens with zero attached hydrogens (tertiary/aromatic N) is 2. The van der Waals surface area contributed by atoms with Crippen molar-refractivity contribution in [3.05, 3.63) is 48.7 Å². The van der Waals surface area contributed by atoms with E-state index in [0.29, 0.717) is 11.5 Å². The molecule has 1 N–H and O–H groups in total. The third kappa shape index (κ3) is 3.95. The van der Waals surface area contributed by atoms with Crippen LogP contribution in [0.1, 0.15) is 6.42 Å². The van der Waals surface area contributed by atoms with Crippen LogP contribution in [0.3, 0.4) is 0 Å². The van der Waals surface area contributed by atoms with Gasteiger partial charge >= 0.3 is 0 Å². The summed E-state index contributed by atoms with van der Waals surface area (Å²) in [6, 6.07) is 13.2. The Balaban J connectivity index is 1.48. The van der Waals surface area contributed by atoms with Crippen LogP contribution < -0.4 is 19.7 Å². The zero-order valence-electron chi connectivity index (χ0n) is 13.6. The standard InChI is InChI=1S/C18H21N3O3/c1-23-15-6-2-3-7-16(15)24-13-18(22)20-14-9-11-21(12-14)17-8-4-5-10-19-17/h2-8,10,14H,9,11-13H2,1H3,(H,20,22). The van der Waals surface area contributed by atoms with Crippen molar-refractivity contribution in [3.63, 3.8) is 0 Å². The molecule has 1 aliphatic heterocycles.